The number of aryl methyl sites for hydroxylation is 1. The van der Waals surface area contributed by atoms with Gasteiger partial charge in [-0.25, -0.2) is 4.98 Å². The third-order valence-corrected chi connectivity index (χ3v) is 2.35. The molecule has 2 aromatic rings. The zero-order valence-electron chi connectivity index (χ0n) is 7.58. The molecule has 0 bridgehead atoms. The van der Waals surface area contributed by atoms with Crippen molar-refractivity contribution >= 4 is 15.9 Å². The summed E-state index contributed by atoms with van der Waals surface area (Å²) in [5.74, 6) is 0.251. The molecule has 14 heavy (non-hydrogen) atoms. The highest BCUT2D eigenvalue weighted by molar-refractivity contribution is 9.10. The van der Waals surface area contributed by atoms with Crippen molar-refractivity contribution in [3.8, 4) is 17.0 Å². The second kappa shape index (κ2) is 3.46. The van der Waals surface area contributed by atoms with Gasteiger partial charge in [-0.3, -0.25) is 0 Å². The van der Waals surface area contributed by atoms with Crippen LogP contribution in [0.3, 0.4) is 0 Å². The molecular weight excluding hydrogens is 244 g/mol. The van der Waals surface area contributed by atoms with E-state index in [0.717, 1.165) is 17.0 Å². The first-order chi connectivity index (χ1) is 6.66. The zero-order valence-corrected chi connectivity index (χ0v) is 9.17. The minimum atomic E-state index is 0.251. The number of hydrogen-bond acceptors (Lipinski definition) is 2. The molecule has 2 N–H and O–H groups in total. The molecule has 2 rings (SSSR count). The van der Waals surface area contributed by atoms with E-state index in [0.29, 0.717) is 4.73 Å². The van der Waals surface area contributed by atoms with Gasteiger partial charge in [0.05, 0.1) is 5.69 Å². The van der Waals surface area contributed by atoms with Crippen LogP contribution in [0.1, 0.15) is 5.69 Å². The van der Waals surface area contributed by atoms with Crippen LogP contribution in [0.5, 0.6) is 5.75 Å². The number of rotatable bonds is 1. The number of nitrogens with zero attached hydrogens (tertiary/aromatic N) is 1. The van der Waals surface area contributed by atoms with E-state index in [4.69, 9.17) is 0 Å². The summed E-state index contributed by atoms with van der Waals surface area (Å²) < 4.78 is 0.702. The van der Waals surface area contributed by atoms with Crippen molar-refractivity contribution in [3.05, 3.63) is 34.7 Å². The standard InChI is InChI=1S/C10H9BrN2O/c1-6-9(13-10(11)12-6)7-3-2-4-8(14)5-7/h2-5,14H,1H3,(H,12,13). The minimum absolute atomic E-state index is 0.251. The van der Waals surface area contributed by atoms with Crippen LogP contribution in [0, 0.1) is 6.92 Å². The molecule has 72 valence electrons. The zero-order chi connectivity index (χ0) is 10.1. The maximum absolute atomic E-state index is 9.32. The number of aromatic amines is 1. The maximum Gasteiger partial charge on any atom is 0.175 e. The summed E-state index contributed by atoms with van der Waals surface area (Å²) in [6.07, 6.45) is 0. The predicted octanol–water partition coefficient (Wildman–Crippen LogP) is 2.85. The molecule has 0 fully saturated rings. The lowest BCUT2D eigenvalue weighted by atomic mass is 10.1. The Morgan fingerprint density at radius 2 is 2.21 bits per heavy atom. The second-order valence-corrected chi connectivity index (χ2v) is 3.80. The lowest BCUT2D eigenvalue weighted by Gasteiger charge is -1.98. The van der Waals surface area contributed by atoms with Gasteiger partial charge in [0.15, 0.2) is 4.73 Å². The lowest BCUT2D eigenvalue weighted by Crippen LogP contribution is -1.80. The van der Waals surface area contributed by atoms with Gasteiger partial charge in [0.1, 0.15) is 5.75 Å². The van der Waals surface area contributed by atoms with Crippen LogP contribution in [-0.4, -0.2) is 15.1 Å². The Morgan fingerprint density at radius 3 is 2.79 bits per heavy atom. The van der Waals surface area contributed by atoms with Crippen molar-refractivity contribution in [2.75, 3.05) is 0 Å². The number of H-pyrrole nitrogens is 1. The number of aromatic hydroxyl groups is 1. The van der Waals surface area contributed by atoms with Crippen LogP contribution in [-0.2, 0) is 0 Å². The molecule has 0 radical (unpaired) electrons. The number of aromatic nitrogens is 2. The fourth-order valence-corrected chi connectivity index (χ4v) is 1.83. The Balaban J connectivity index is 2.54. The van der Waals surface area contributed by atoms with E-state index >= 15 is 0 Å². The van der Waals surface area contributed by atoms with Gasteiger partial charge in [-0.1, -0.05) is 12.1 Å². The van der Waals surface area contributed by atoms with Gasteiger partial charge in [-0.05, 0) is 35.0 Å². The highest BCUT2D eigenvalue weighted by Gasteiger charge is 2.07. The van der Waals surface area contributed by atoms with E-state index in [1.165, 1.54) is 0 Å². The molecule has 0 saturated carbocycles. The Kier molecular flexibility index (Phi) is 2.29. The van der Waals surface area contributed by atoms with E-state index in [2.05, 4.69) is 25.9 Å². The highest BCUT2D eigenvalue weighted by atomic mass is 79.9. The van der Waals surface area contributed by atoms with Gasteiger partial charge in [-0.15, -0.1) is 0 Å². The second-order valence-electron chi connectivity index (χ2n) is 3.05. The van der Waals surface area contributed by atoms with Crippen LogP contribution in [0.25, 0.3) is 11.3 Å². The van der Waals surface area contributed by atoms with E-state index in [1.54, 1.807) is 18.2 Å². The van der Waals surface area contributed by atoms with Crippen LogP contribution in [0.15, 0.2) is 29.0 Å². The number of phenolic OH excluding ortho intramolecular Hbond substituents is 1. The molecule has 0 spiro atoms. The smallest absolute Gasteiger partial charge is 0.175 e. The van der Waals surface area contributed by atoms with Crippen molar-refractivity contribution in [1.29, 1.82) is 0 Å². The molecular formula is C10H9BrN2O. The van der Waals surface area contributed by atoms with Crippen molar-refractivity contribution < 1.29 is 5.11 Å². The van der Waals surface area contributed by atoms with E-state index in [-0.39, 0.29) is 5.75 Å². The molecule has 0 aliphatic heterocycles. The summed E-state index contributed by atoms with van der Waals surface area (Å²) in [6.45, 7) is 1.94. The Bertz CT molecular complexity index is 465. The summed E-state index contributed by atoms with van der Waals surface area (Å²) in [7, 11) is 0. The quantitative estimate of drug-likeness (QED) is 0.820. The van der Waals surface area contributed by atoms with Gasteiger partial charge < -0.3 is 10.1 Å². The summed E-state index contributed by atoms with van der Waals surface area (Å²) in [4.78, 5) is 7.32. The third kappa shape index (κ3) is 1.65. The first kappa shape index (κ1) is 9.27. The van der Waals surface area contributed by atoms with Gasteiger partial charge in [0.25, 0.3) is 0 Å². The van der Waals surface area contributed by atoms with Crippen LogP contribution in [0.4, 0.5) is 0 Å². The number of nitrogens with one attached hydrogen (secondary N) is 1. The molecule has 0 saturated heterocycles. The Labute approximate surface area is 89.9 Å². The molecule has 4 heteroatoms. The summed E-state index contributed by atoms with van der Waals surface area (Å²) in [6, 6.07) is 7.04. The number of benzene rings is 1. The fourth-order valence-electron chi connectivity index (χ4n) is 1.36. The highest BCUT2D eigenvalue weighted by Crippen LogP contribution is 2.25. The van der Waals surface area contributed by atoms with Crippen molar-refractivity contribution in [2.45, 2.75) is 6.92 Å². The van der Waals surface area contributed by atoms with Gasteiger partial charge >= 0.3 is 0 Å². The third-order valence-electron chi connectivity index (χ3n) is 1.98. The maximum atomic E-state index is 9.32. The number of halogens is 1. The number of hydrogen-bond donors (Lipinski definition) is 2. The average Bonchev–Trinajstić information content (AvgIpc) is 2.45. The molecule has 0 amide bonds. The minimum Gasteiger partial charge on any atom is -0.508 e. The van der Waals surface area contributed by atoms with Crippen molar-refractivity contribution in [3.63, 3.8) is 0 Å². The molecule has 1 aromatic carbocycles. The Morgan fingerprint density at radius 1 is 1.43 bits per heavy atom. The predicted molar refractivity (Wildman–Crippen MR) is 58.1 cm³/mol. The topological polar surface area (TPSA) is 48.9 Å². The first-order valence-electron chi connectivity index (χ1n) is 4.18. The first-order valence-corrected chi connectivity index (χ1v) is 4.97. The van der Waals surface area contributed by atoms with Crippen LogP contribution < -0.4 is 0 Å². The molecule has 1 heterocycles. The summed E-state index contributed by atoms with van der Waals surface area (Å²) >= 11 is 3.27. The van der Waals surface area contributed by atoms with Gasteiger partial charge in [0.2, 0.25) is 0 Å². The monoisotopic (exact) mass is 252 g/mol. The average molecular weight is 253 g/mol. The number of imidazole rings is 1. The molecule has 0 unspecified atom stereocenters. The van der Waals surface area contributed by atoms with Crippen molar-refractivity contribution in [1.82, 2.24) is 9.97 Å². The van der Waals surface area contributed by atoms with Gasteiger partial charge in [0, 0.05) is 11.3 Å². The SMILES string of the molecule is Cc1[nH]c(Br)nc1-c1cccc(O)c1. The lowest BCUT2D eigenvalue weighted by molar-refractivity contribution is 0.475. The Hall–Kier alpha value is -1.29. The van der Waals surface area contributed by atoms with E-state index < -0.39 is 0 Å². The largest absolute Gasteiger partial charge is 0.508 e. The normalized spacial score (nSPS) is 10.4. The molecule has 1 aromatic heterocycles. The molecule has 0 aliphatic carbocycles. The fraction of sp³-hybridized carbons (Fsp3) is 0.100. The van der Waals surface area contributed by atoms with Gasteiger partial charge in [-0.2, -0.15) is 0 Å². The summed E-state index contributed by atoms with van der Waals surface area (Å²) in [5.41, 5.74) is 2.74. The van der Waals surface area contributed by atoms with E-state index in [1.807, 2.05) is 13.0 Å². The van der Waals surface area contributed by atoms with Crippen LogP contribution in [0.2, 0.25) is 0 Å². The molecule has 3 nitrogen and oxygen atoms in total. The molecule has 0 atom stereocenters. The van der Waals surface area contributed by atoms with Crippen LogP contribution >= 0.6 is 15.9 Å². The summed E-state index contributed by atoms with van der Waals surface area (Å²) in [5, 5.41) is 9.32. The molecule has 0 aliphatic rings. The number of phenols is 1. The van der Waals surface area contributed by atoms with Crippen molar-refractivity contribution in [2.24, 2.45) is 0 Å². The van der Waals surface area contributed by atoms with E-state index in [9.17, 15) is 5.11 Å².